The summed E-state index contributed by atoms with van der Waals surface area (Å²) in [4.78, 5) is 3.63. The smallest absolute Gasteiger partial charge is 0.247 e. The second-order valence-corrected chi connectivity index (χ2v) is 11.5. The van der Waals surface area contributed by atoms with Gasteiger partial charge in [0, 0.05) is 0 Å². The van der Waals surface area contributed by atoms with Gasteiger partial charge in [-0.2, -0.15) is 0 Å². The zero-order chi connectivity index (χ0) is 25.4. The fourth-order valence-corrected chi connectivity index (χ4v) is 5.73. The Bertz CT molecular complexity index is 549. The number of hydrogen-bond donors (Lipinski definition) is 1. The summed E-state index contributed by atoms with van der Waals surface area (Å²) in [6.07, 6.45) is 38.4. The molecule has 2 nitrogen and oxygen atoms in total. The van der Waals surface area contributed by atoms with Gasteiger partial charge < -0.3 is 0 Å². The number of nitrogens with one attached hydrogen (secondary N) is 1. The standard InChI is InChI=1S/C33H64N2/c1-5-8-10-12-14-16-17-18-20-22-24-26-28-32(7-3)33-34-29-30-35(33)31(4)27-25-23-21-19-15-13-11-9-6-2/h29-32H,5-28H2,1-4H3/p+1. The molecule has 0 aliphatic rings. The first kappa shape index (κ1) is 32.2. The molecule has 35 heavy (non-hydrogen) atoms. The number of nitrogens with zero attached hydrogens (tertiary/aromatic N) is 1. The lowest BCUT2D eigenvalue weighted by Gasteiger charge is -2.16. The molecule has 2 heteroatoms. The van der Waals surface area contributed by atoms with E-state index in [1.165, 1.54) is 160 Å². The molecular weight excluding hydrogens is 424 g/mol. The Morgan fingerprint density at radius 3 is 1.40 bits per heavy atom. The number of H-pyrrole nitrogens is 1. The maximum Gasteiger partial charge on any atom is 0.257 e. The summed E-state index contributed by atoms with van der Waals surface area (Å²) in [5.74, 6) is 2.18. The summed E-state index contributed by atoms with van der Waals surface area (Å²) in [6, 6.07) is 0.622. The second-order valence-electron chi connectivity index (χ2n) is 11.5. The molecule has 2 atom stereocenters. The molecule has 0 spiro atoms. The van der Waals surface area contributed by atoms with Crippen LogP contribution in [0.15, 0.2) is 12.4 Å². The quantitative estimate of drug-likeness (QED) is 0.0985. The zero-order valence-corrected chi connectivity index (χ0v) is 24.7. The fourth-order valence-electron chi connectivity index (χ4n) is 5.73. The molecule has 0 radical (unpaired) electrons. The maximum atomic E-state index is 3.63. The van der Waals surface area contributed by atoms with Crippen molar-refractivity contribution in [3.8, 4) is 0 Å². The lowest BCUT2D eigenvalue weighted by molar-refractivity contribution is -0.727. The minimum atomic E-state index is 0.622. The van der Waals surface area contributed by atoms with Crippen molar-refractivity contribution < 1.29 is 4.57 Å². The lowest BCUT2D eigenvalue weighted by Crippen LogP contribution is -2.41. The van der Waals surface area contributed by atoms with E-state index in [1.807, 2.05) is 0 Å². The van der Waals surface area contributed by atoms with Crippen molar-refractivity contribution in [2.24, 2.45) is 0 Å². The molecule has 1 rings (SSSR count). The highest BCUT2D eigenvalue weighted by molar-refractivity contribution is 4.89. The molecule has 1 aromatic rings. The van der Waals surface area contributed by atoms with E-state index in [2.05, 4.69) is 49.6 Å². The van der Waals surface area contributed by atoms with E-state index in [1.54, 1.807) is 0 Å². The minimum Gasteiger partial charge on any atom is -0.247 e. The average Bonchev–Trinajstić information content (AvgIpc) is 3.36. The van der Waals surface area contributed by atoms with Gasteiger partial charge in [-0.25, -0.2) is 9.55 Å². The summed E-state index contributed by atoms with van der Waals surface area (Å²) < 4.78 is 2.57. The molecular formula is C33H65N2+. The van der Waals surface area contributed by atoms with Crippen LogP contribution in [-0.4, -0.2) is 4.98 Å². The van der Waals surface area contributed by atoms with Crippen LogP contribution in [0.25, 0.3) is 0 Å². The van der Waals surface area contributed by atoms with Gasteiger partial charge >= 0.3 is 0 Å². The van der Waals surface area contributed by atoms with E-state index in [4.69, 9.17) is 0 Å². The summed E-state index contributed by atoms with van der Waals surface area (Å²) in [5.41, 5.74) is 0. The van der Waals surface area contributed by atoms with Gasteiger partial charge in [-0.05, 0) is 32.6 Å². The van der Waals surface area contributed by atoms with Gasteiger partial charge in [0.05, 0.1) is 12.0 Å². The summed E-state index contributed by atoms with van der Waals surface area (Å²) in [7, 11) is 0. The molecule has 0 aliphatic heterocycles. The third-order valence-electron chi connectivity index (χ3n) is 8.23. The van der Waals surface area contributed by atoms with Gasteiger partial charge in [0.1, 0.15) is 12.4 Å². The third-order valence-corrected chi connectivity index (χ3v) is 8.23. The van der Waals surface area contributed by atoms with Crippen LogP contribution < -0.4 is 4.57 Å². The fraction of sp³-hybridized carbons (Fsp3) is 0.909. The van der Waals surface area contributed by atoms with Gasteiger partial charge in [-0.15, -0.1) is 0 Å². The zero-order valence-electron chi connectivity index (χ0n) is 24.7. The molecule has 0 amide bonds. The first-order valence-electron chi connectivity index (χ1n) is 16.3. The Labute approximate surface area is 221 Å². The van der Waals surface area contributed by atoms with Gasteiger partial charge in [-0.3, -0.25) is 0 Å². The van der Waals surface area contributed by atoms with Gasteiger partial charge in [-0.1, -0.05) is 149 Å². The Kier molecular flexibility index (Phi) is 21.7. The van der Waals surface area contributed by atoms with Crippen LogP contribution in [0.4, 0.5) is 0 Å². The summed E-state index contributed by atoms with van der Waals surface area (Å²) >= 11 is 0. The van der Waals surface area contributed by atoms with Gasteiger partial charge in [0.25, 0.3) is 5.82 Å². The molecule has 1 heterocycles. The monoisotopic (exact) mass is 490 g/mol. The summed E-state index contributed by atoms with van der Waals surface area (Å²) in [6.45, 7) is 9.41. The molecule has 0 bridgehead atoms. The van der Waals surface area contributed by atoms with Crippen molar-refractivity contribution in [2.45, 2.75) is 194 Å². The Hall–Kier alpha value is -0.790. The van der Waals surface area contributed by atoms with Crippen LogP contribution in [0.1, 0.15) is 200 Å². The number of imidazole rings is 1. The van der Waals surface area contributed by atoms with E-state index in [0.717, 1.165) is 0 Å². The molecule has 0 aliphatic carbocycles. The topological polar surface area (TPSA) is 19.7 Å². The van der Waals surface area contributed by atoms with E-state index in [-0.39, 0.29) is 0 Å². The minimum absolute atomic E-state index is 0.622. The number of aromatic nitrogens is 2. The highest BCUT2D eigenvalue weighted by Crippen LogP contribution is 2.24. The summed E-state index contributed by atoms with van der Waals surface area (Å²) in [5, 5.41) is 0. The molecule has 2 unspecified atom stereocenters. The normalized spacial score (nSPS) is 13.4. The van der Waals surface area contributed by atoms with Crippen LogP contribution in [0, 0.1) is 0 Å². The van der Waals surface area contributed by atoms with Gasteiger partial charge in [0.2, 0.25) is 0 Å². The van der Waals surface area contributed by atoms with Crippen molar-refractivity contribution in [1.82, 2.24) is 4.98 Å². The van der Waals surface area contributed by atoms with E-state index in [9.17, 15) is 0 Å². The van der Waals surface area contributed by atoms with Crippen molar-refractivity contribution in [1.29, 1.82) is 0 Å². The van der Waals surface area contributed by atoms with E-state index >= 15 is 0 Å². The molecule has 0 aromatic carbocycles. The molecule has 1 N–H and O–H groups in total. The highest BCUT2D eigenvalue weighted by Gasteiger charge is 2.24. The van der Waals surface area contributed by atoms with Crippen LogP contribution in [0.2, 0.25) is 0 Å². The third kappa shape index (κ3) is 16.6. The number of hydrogen-bond acceptors (Lipinski definition) is 0. The van der Waals surface area contributed by atoms with Crippen molar-refractivity contribution in [3.63, 3.8) is 0 Å². The molecule has 206 valence electrons. The highest BCUT2D eigenvalue weighted by atomic mass is 15.1. The van der Waals surface area contributed by atoms with Crippen LogP contribution >= 0.6 is 0 Å². The Balaban J connectivity index is 2.15. The Morgan fingerprint density at radius 1 is 0.571 bits per heavy atom. The average molecular weight is 490 g/mol. The van der Waals surface area contributed by atoms with E-state index in [0.29, 0.717) is 12.0 Å². The molecule has 0 saturated heterocycles. The van der Waals surface area contributed by atoms with Crippen LogP contribution in [-0.2, 0) is 0 Å². The lowest BCUT2D eigenvalue weighted by atomic mass is 9.96. The molecule has 1 aromatic heterocycles. The van der Waals surface area contributed by atoms with Crippen LogP contribution in [0.3, 0.4) is 0 Å². The predicted octanol–water partition coefficient (Wildman–Crippen LogP) is 11.4. The first-order chi connectivity index (χ1) is 17.2. The number of unbranched alkanes of at least 4 members (excludes halogenated alkanes) is 19. The molecule has 0 saturated carbocycles. The molecule has 0 fully saturated rings. The second kappa shape index (κ2) is 23.6. The SMILES string of the molecule is CCCCCCCCCCCCCCC(CC)c1[nH]cc[n+]1C(C)CCCCCCCCCCC. The number of rotatable bonds is 26. The number of aromatic amines is 1. The van der Waals surface area contributed by atoms with Crippen LogP contribution in [0.5, 0.6) is 0 Å². The predicted molar refractivity (Wildman–Crippen MR) is 156 cm³/mol. The first-order valence-corrected chi connectivity index (χ1v) is 16.3. The van der Waals surface area contributed by atoms with Crippen molar-refractivity contribution in [2.75, 3.05) is 0 Å². The van der Waals surface area contributed by atoms with Crippen molar-refractivity contribution >= 4 is 0 Å². The largest absolute Gasteiger partial charge is 0.257 e. The van der Waals surface area contributed by atoms with Gasteiger partial charge in [0.15, 0.2) is 0 Å². The van der Waals surface area contributed by atoms with Crippen molar-refractivity contribution in [3.05, 3.63) is 18.2 Å². The Morgan fingerprint density at radius 2 is 0.971 bits per heavy atom. The maximum absolute atomic E-state index is 3.63. The van der Waals surface area contributed by atoms with E-state index < -0.39 is 0 Å².